The molecule has 1 saturated heterocycles. The lowest BCUT2D eigenvalue weighted by Gasteiger charge is -2.20. The molecular weight excluding hydrogens is 344 g/mol. The molecule has 3 N–H and O–H groups in total. The normalized spacial score (nSPS) is 28.0. The largest absolute Gasteiger partial charge is 0.323 e. The molecule has 2 heterocycles. The summed E-state index contributed by atoms with van der Waals surface area (Å²) in [4.78, 5) is 17.2. The summed E-state index contributed by atoms with van der Waals surface area (Å²) >= 11 is 1.71. The van der Waals surface area contributed by atoms with Gasteiger partial charge in [0.1, 0.15) is 0 Å². The molecule has 0 amide bonds. The summed E-state index contributed by atoms with van der Waals surface area (Å²) in [5.41, 5.74) is 4.67. The third-order valence-corrected chi connectivity index (χ3v) is 6.41. The summed E-state index contributed by atoms with van der Waals surface area (Å²) in [5, 5.41) is 3.55. The first-order valence-corrected chi connectivity index (χ1v) is 10.3. The lowest BCUT2D eigenvalue weighted by Crippen LogP contribution is -2.20. The molecule has 6 heteroatoms. The van der Waals surface area contributed by atoms with Crippen LogP contribution in [0.3, 0.4) is 0 Å². The lowest BCUT2D eigenvalue weighted by molar-refractivity contribution is 0.320. The topological polar surface area (TPSA) is 73.0 Å². The highest BCUT2D eigenvalue weighted by Gasteiger charge is 2.44. The molecule has 2 fully saturated rings. The van der Waals surface area contributed by atoms with Crippen LogP contribution in [-0.2, 0) is 6.42 Å². The third-order valence-electron chi connectivity index (χ3n) is 5.54. The van der Waals surface area contributed by atoms with Crippen molar-refractivity contribution in [1.82, 2.24) is 15.3 Å². The van der Waals surface area contributed by atoms with Gasteiger partial charge in [0.05, 0.1) is 11.0 Å². The van der Waals surface area contributed by atoms with E-state index < -0.39 is 0 Å². The Kier molecular flexibility index (Phi) is 4.51. The summed E-state index contributed by atoms with van der Waals surface area (Å²) < 4.78 is 5.14. The summed E-state index contributed by atoms with van der Waals surface area (Å²) in [6.45, 7) is 8.90. The van der Waals surface area contributed by atoms with Crippen molar-refractivity contribution in [1.29, 1.82) is 0 Å². The van der Waals surface area contributed by atoms with Crippen LogP contribution in [0, 0.1) is 11.3 Å². The molecule has 1 aromatic heterocycles. The van der Waals surface area contributed by atoms with Crippen LogP contribution in [0.25, 0.3) is 11.0 Å². The van der Waals surface area contributed by atoms with E-state index in [1.165, 1.54) is 24.1 Å². The van der Waals surface area contributed by atoms with E-state index in [0.717, 1.165) is 37.0 Å². The van der Waals surface area contributed by atoms with Crippen LogP contribution in [0.5, 0.6) is 0 Å². The van der Waals surface area contributed by atoms with E-state index in [2.05, 4.69) is 48.2 Å². The molecule has 1 saturated carbocycles. The highest BCUT2D eigenvalue weighted by Crippen LogP contribution is 2.46. The standard InChI is InChI=1S/C20H28N4OS/c1-19(2,3)26-24-17-11-20(6-7-21-12-20)10-14(17)8-13-4-5-15-16(9-13)23-18(25)22-15/h4-5,9,14,21H,6-8,10-12H2,1-3H3,(H2,22,23,25). The number of aromatic amines is 2. The Labute approximate surface area is 158 Å². The number of imidazole rings is 1. The second-order valence-corrected chi connectivity index (χ2v) is 10.5. The smallest absolute Gasteiger partial charge is 0.316 e. The number of hydrogen-bond donors (Lipinski definition) is 3. The first kappa shape index (κ1) is 17.9. The number of benzene rings is 1. The van der Waals surface area contributed by atoms with Crippen LogP contribution < -0.4 is 11.0 Å². The predicted octanol–water partition coefficient (Wildman–Crippen LogP) is 3.68. The van der Waals surface area contributed by atoms with Gasteiger partial charge < -0.3 is 15.3 Å². The fraction of sp³-hybridized carbons (Fsp3) is 0.600. The van der Waals surface area contributed by atoms with Gasteiger partial charge in [0.25, 0.3) is 0 Å². The van der Waals surface area contributed by atoms with Crippen LogP contribution in [-0.4, -0.2) is 33.5 Å². The summed E-state index contributed by atoms with van der Waals surface area (Å²) in [5.74, 6) is 0.493. The Bertz CT molecular complexity index is 883. The quantitative estimate of drug-likeness (QED) is 0.720. The van der Waals surface area contributed by atoms with Crippen molar-refractivity contribution in [2.24, 2.45) is 15.7 Å². The molecular formula is C20H28N4OS. The molecule has 2 aliphatic rings. The Hall–Kier alpha value is -1.53. The van der Waals surface area contributed by atoms with E-state index in [0.29, 0.717) is 11.3 Å². The van der Waals surface area contributed by atoms with Crippen molar-refractivity contribution in [2.45, 2.75) is 51.2 Å². The summed E-state index contributed by atoms with van der Waals surface area (Å²) in [7, 11) is 0. The number of aromatic nitrogens is 2. The van der Waals surface area contributed by atoms with Gasteiger partial charge in [-0.25, -0.2) is 9.19 Å². The van der Waals surface area contributed by atoms with Crippen molar-refractivity contribution in [3.8, 4) is 0 Å². The second-order valence-electron chi connectivity index (χ2n) is 8.95. The number of rotatable bonds is 3. The van der Waals surface area contributed by atoms with Gasteiger partial charge in [0, 0.05) is 22.9 Å². The SMILES string of the molecule is CC(C)(C)SN=C1CC2(CCNC2)CC1Cc1ccc2[nH]c(=O)[nH]c2c1. The van der Waals surface area contributed by atoms with Crippen molar-refractivity contribution >= 4 is 28.7 Å². The minimum atomic E-state index is -0.141. The molecule has 1 spiro atoms. The lowest BCUT2D eigenvalue weighted by atomic mass is 9.84. The maximum absolute atomic E-state index is 11.5. The molecule has 4 rings (SSSR count). The Morgan fingerprint density at radius 2 is 2.08 bits per heavy atom. The Balaban J connectivity index is 1.59. The molecule has 2 unspecified atom stereocenters. The molecule has 26 heavy (non-hydrogen) atoms. The van der Waals surface area contributed by atoms with Crippen LogP contribution in [0.2, 0.25) is 0 Å². The summed E-state index contributed by atoms with van der Waals surface area (Å²) in [6, 6.07) is 6.25. The van der Waals surface area contributed by atoms with Crippen LogP contribution in [0.4, 0.5) is 0 Å². The minimum absolute atomic E-state index is 0.141. The number of hydrogen-bond acceptors (Lipinski definition) is 4. The van der Waals surface area contributed by atoms with Crippen LogP contribution >= 0.6 is 11.9 Å². The number of H-pyrrole nitrogens is 2. The molecule has 1 aliphatic carbocycles. The Morgan fingerprint density at radius 3 is 2.81 bits per heavy atom. The van der Waals surface area contributed by atoms with Gasteiger partial charge in [-0.2, -0.15) is 0 Å². The Morgan fingerprint density at radius 1 is 1.27 bits per heavy atom. The van der Waals surface area contributed by atoms with E-state index in [9.17, 15) is 4.79 Å². The average Bonchev–Trinajstić information content (AvgIpc) is 3.24. The van der Waals surface area contributed by atoms with E-state index >= 15 is 0 Å². The van der Waals surface area contributed by atoms with Gasteiger partial charge >= 0.3 is 5.69 Å². The van der Waals surface area contributed by atoms with Crippen LogP contribution in [0.1, 0.15) is 45.6 Å². The zero-order valence-electron chi connectivity index (χ0n) is 15.8. The maximum atomic E-state index is 11.5. The highest BCUT2D eigenvalue weighted by atomic mass is 32.2. The fourth-order valence-electron chi connectivity index (χ4n) is 4.35. The molecule has 0 radical (unpaired) electrons. The predicted molar refractivity (Wildman–Crippen MR) is 110 cm³/mol. The fourth-order valence-corrected chi connectivity index (χ4v) is 4.95. The van der Waals surface area contributed by atoms with Gasteiger partial charge in [-0.1, -0.05) is 6.07 Å². The van der Waals surface area contributed by atoms with Crippen molar-refractivity contribution < 1.29 is 0 Å². The van der Waals surface area contributed by atoms with Crippen molar-refractivity contribution in [3.63, 3.8) is 0 Å². The van der Waals surface area contributed by atoms with E-state index in [4.69, 9.17) is 4.40 Å². The molecule has 2 atom stereocenters. The minimum Gasteiger partial charge on any atom is -0.316 e. The molecule has 1 aliphatic heterocycles. The molecule has 1 aromatic carbocycles. The second kappa shape index (κ2) is 6.57. The zero-order valence-corrected chi connectivity index (χ0v) is 16.6. The van der Waals surface area contributed by atoms with Crippen LogP contribution in [0.15, 0.2) is 27.4 Å². The van der Waals surface area contributed by atoms with Gasteiger partial charge in [0.15, 0.2) is 0 Å². The van der Waals surface area contributed by atoms with E-state index in [1.54, 1.807) is 11.9 Å². The van der Waals surface area contributed by atoms with Gasteiger partial charge in [-0.3, -0.25) is 0 Å². The number of fused-ring (bicyclic) bond motifs is 1. The van der Waals surface area contributed by atoms with Crippen molar-refractivity contribution in [2.75, 3.05) is 13.1 Å². The first-order chi connectivity index (χ1) is 12.3. The first-order valence-electron chi connectivity index (χ1n) is 9.49. The maximum Gasteiger partial charge on any atom is 0.323 e. The molecule has 5 nitrogen and oxygen atoms in total. The van der Waals surface area contributed by atoms with Gasteiger partial charge in [-0.15, -0.1) is 0 Å². The van der Waals surface area contributed by atoms with Gasteiger partial charge in [-0.05, 0) is 88.1 Å². The number of nitrogens with one attached hydrogen (secondary N) is 3. The third kappa shape index (κ3) is 3.76. The monoisotopic (exact) mass is 372 g/mol. The van der Waals surface area contributed by atoms with Gasteiger partial charge in [0.2, 0.25) is 0 Å². The zero-order chi connectivity index (χ0) is 18.4. The number of nitrogens with zero attached hydrogens (tertiary/aromatic N) is 1. The molecule has 0 bridgehead atoms. The average molecular weight is 373 g/mol. The van der Waals surface area contributed by atoms with E-state index in [-0.39, 0.29) is 10.4 Å². The molecule has 140 valence electrons. The molecule has 2 aromatic rings. The van der Waals surface area contributed by atoms with E-state index in [1.807, 2.05) is 6.07 Å². The van der Waals surface area contributed by atoms with Crippen molar-refractivity contribution in [3.05, 3.63) is 34.2 Å². The summed E-state index contributed by atoms with van der Waals surface area (Å²) in [6.07, 6.45) is 4.59. The highest BCUT2D eigenvalue weighted by molar-refractivity contribution is 7.99.